The number of halogens is 2. The van der Waals surface area contributed by atoms with Crippen LogP contribution in [-0.4, -0.2) is 34.1 Å². The van der Waals surface area contributed by atoms with Crippen LogP contribution in [-0.2, 0) is 16.4 Å². The quantitative estimate of drug-likeness (QED) is 0.521. The molecule has 3 aromatic rings. The first-order valence-electron chi connectivity index (χ1n) is 10.1. The summed E-state index contributed by atoms with van der Waals surface area (Å²) in [5, 5.41) is 2.87. The molecule has 1 amide bonds. The second-order valence-electron chi connectivity index (χ2n) is 7.24. The second-order valence-corrected chi connectivity index (χ2v) is 9.33. The highest BCUT2D eigenvalue weighted by atomic mass is 35.5. The molecule has 0 fully saturated rings. The number of nitrogens with one attached hydrogen (secondary N) is 2. The number of carbonyl (C=O) groups is 1. The molecule has 4 rings (SSSR count). The maximum absolute atomic E-state index is 13.1. The molecule has 172 valence electrons. The Labute approximate surface area is 195 Å². The summed E-state index contributed by atoms with van der Waals surface area (Å²) in [6.45, 7) is 1.30. The summed E-state index contributed by atoms with van der Waals surface area (Å²) in [4.78, 5) is 12.5. The fraction of sp³-hybridized carbons (Fsp3) is 0.174. The number of sulfonamides is 1. The number of ether oxygens (including phenoxy) is 2. The van der Waals surface area contributed by atoms with Gasteiger partial charge in [-0.1, -0.05) is 17.7 Å². The monoisotopic (exact) mass is 490 g/mol. The van der Waals surface area contributed by atoms with E-state index in [0.29, 0.717) is 37.7 Å². The zero-order valence-corrected chi connectivity index (χ0v) is 18.9. The Balaban J connectivity index is 1.42. The van der Waals surface area contributed by atoms with E-state index in [4.69, 9.17) is 21.1 Å². The lowest BCUT2D eigenvalue weighted by molar-refractivity contribution is 0.0954. The van der Waals surface area contributed by atoms with E-state index in [0.717, 1.165) is 17.7 Å². The molecule has 0 aliphatic carbocycles. The van der Waals surface area contributed by atoms with Gasteiger partial charge in [-0.2, -0.15) is 0 Å². The molecule has 0 bridgehead atoms. The fourth-order valence-electron chi connectivity index (χ4n) is 3.24. The normalized spacial score (nSPS) is 12.8. The van der Waals surface area contributed by atoms with E-state index in [-0.39, 0.29) is 21.2 Å². The molecule has 2 N–H and O–H groups in total. The van der Waals surface area contributed by atoms with E-state index in [1.165, 1.54) is 30.3 Å². The van der Waals surface area contributed by atoms with Crippen molar-refractivity contribution >= 4 is 33.2 Å². The Kier molecular flexibility index (Phi) is 6.71. The van der Waals surface area contributed by atoms with Crippen molar-refractivity contribution in [3.63, 3.8) is 0 Å². The average molecular weight is 491 g/mol. The van der Waals surface area contributed by atoms with Gasteiger partial charge in [-0.05, 0) is 66.6 Å². The summed E-state index contributed by atoms with van der Waals surface area (Å²) in [6.07, 6.45) is 0.532. The van der Waals surface area contributed by atoms with Crippen molar-refractivity contribution in [2.24, 2.45) is 0 Å². The molecule has 1 heterocycles. The van der Waals surface area contributed by atoms with Gasteiger partial charge in [0.05, 0.1) is 15.5 Å². The molecular weight excluding hydrogens is 471 g/mol. The van der Waals surface area contributed by atoms with E-state index in [1.807, 2.05) is 18.2 Å². The lowest BCUT2D eigenvalue weighted by Crippen LogP contribution is -2.26. The molecule has 0 aromatic heterocycles. The molecule has 1 aliphatic heterocycles. The maximum Gasteiger partial charge on any atom is 0.261 e. The third-order valence-corrected chi connectivity index (χ3v) is 6.60. The minimum Gasteiger partial charge on any atom is -0.486 e. The van der Waals surface area contributed by atoms with Gasteiger partial charge in [0.25, 0.3) is 15.9 Å². The summed E-state index contributed by atoms with van der Waals surface area (Å²) in [5.41, 5.74) is 1.17. The summed E-state index contributed by atoms with van der Waals surface area (Å²) >= 11 is 6.15. The van der Waals surface area contributed by atoms with Gasteiger partial charge in [-0.25, -0.2) is 12.8 Å². The van der Waals surface area contributed by atoms with Crippen LogP contribution in [0.25, 0.3) is 0 Å². The van der Waals surface area contributed by atoms with Gasteiger partial charge < -0.3 is 14.8 Å². The van der Waals surface area contributed by atoms with E-state index in [1.54, 1.807) is 0 Å². The second kappa shape index (κ2) is 9.68. The third-order valence-electron chi connectivity index (χ3n) is 4.90. The summed E-state index contributed by atoms with van der Waals surface area (Å²) in [7, 11) is -4.01. The Morgan fingerprint density at radius 1 is 0.970 bits per heavy atom. The van der Waals surface area contributed by atoms with Crippen molar-refractivity contribution in [3.8, 4) is 11.5 Å². The number of amides is 1. The molecule has 0 radical (unpaired) electrons. The molecule has 0 atom stereocenters. The predicted octanol–water partition coefficient (Wildman–Crippen LogP) is 4.02. The van der Waals surface area contributed by atoms with Gasteiger partial charge in [0.2, 0.25) is 0 Å². The van der Waals surface area contributed by atoms with Gasteiger partial charge in [-0.15, -0.1) is 0 Å². The van der Waals surface area contributed by atoms with Crippen LogP contribution in [0.3, 0.4) is 0 Å². The summed E-state index contributed by atoms with van der Waals surface area (Å²) in [5.74, 6) is 0.365. The maximum atomic E-state index is 13.1. The lowest BCUT2D eigenvalue weighted by atomic mass is 10.1. The number of benzene rings is 3. The SMILES string of the molecule is O=C(NCCc1ccc2c(c1)OCCO2)c1cc(S(=O)(=O)Nc2ccc(F)cc2)ccc1Cl. The molecule has 33 heavy (non-hydrogen) atoms. The van der Waals surface area contributed by atoms with Crippen LogP contribution in [0, 0.1) is 5.82 Å². The highest BCUT2D eigenvalue weighted by Crippen LogP contribution is 2.30. The van der Waals surface area contributed by atoms with Gasteiger partial charge in [0, 0.05) is 12.2 Å². The van der Waals surface area contributed by atoms with Crippen LogP contribution in [0.2, 0.25) is 5.02 Å². The molecule has 7 nitrogen and oxygen atoms in total. The number of carbonyl (C=O) groups excluding carboxylic acids is 1. The summed E-state index contributed by atoms with van der Waals surface area (Å²) in [6, 6.07) is 14.3. The zero-order chi connectivity index (χ0) is 23.4. The summed E-state index contributed by atoms with van der Waals surface area (Å²) < 4.78 is 51.8. The van der Waals surface area contributed by atoms with Crippen molar-refractivity contribution in [1.82, 2.24) is 5.32 Å². The van der Waals surface area contributed by atoms with E-state index >= 15 is 0 Å². The Morgan fingerprint density at radius 3 is 2.45 bits per heavy atom. The topological polar surface area (TPSA) is 93.7 Å². The fourth-order valence-corrected chi connectivity index (χ4v) is 4.52. The first-order valence-corrected chi connectivity index (χ1v) is 11.9. The molecule has 1 aliphatic rings. The average Bonchev–Trinajstić information content (AvgIpc) is 2.80. The van der Waals surface area contributed by atoms with Crippen LogP contribution in [0.5, 0.6) is 11.5 Å². The lowest BCUT2D eigenvalue weighted by Gasteiger charge is -2.19. The van der Waals surface area contributed by atoms with Crippen LogP contribution >= 0.6 is 11.6 Å². The highest BCUT2D eigenvalue weighted by Gasteiger charge is 2.19. The van der Waals surface area contributed by atoms with Crippen LogP contribution in [0.4, 0.5) is 10.1 Å². The van der Waals surface area contributed by atoms with Crippen molar-refractivity contribution in [2.45, 2.75) is 11.3 Å². The number of hydrogen-bond acceptors (Lipinski definition) is 5. The molecule has 0 spiro atoms. The number of fused-ring (bicyclic) bond motifs is 1. The van der Waals surface area contributed by atoms with Gasteiger partial charge in [-0.3, -0.25) is 9.52 Å². The Morgan fingerprint density at radius 2 is 1.70 bits per heavy atom. The number of hydrogen-bond donors (Lipinski definition) is 2. The predicted molar refractivity (Wildman–Crippen MR) is 122 cm³/mol. The smallest absolute Gasteiger partial charge is 0.261 e. The number of rotatable bonds is 7. The van der Waals surface area contributed by atoms with Crippen LogP contribution in [0.15, 0.2) is 65.6 Å². The van der Waals surface area contributed by atoms with Gasteiger partial charge in [0.1, 0.15) is 19.0 Å². The van der Waals surface area contributed by atoms with E-state index < -0.39 is 21.7 Å². The molecule has 0 saturated heterocycles. The molecule has 0 saturated carbocycles. The van der Waals surface area contributed by atoms with Crippen molar-refractivity contribution in [1.29, 1.82) is 0 Å². The minimum atomic E-state index is -4.01. The Bertz CT molecular complexity index is 1280. The van der Waals surface area contributed by atoms with Crippen molar-refractivity contribution in [2.75, 3.05) is 24.5 Å². The molecule has 3 aromatic carbocycles. The van der Waals surface area contributed by atoms with E-state index in [2.05, 4.69) is 10.0 Å². The van der Waals surface area contributed by atoms with Crippen molar-refractivity contribution < 1.29 is 27.1 Å². The van der Waals surface area contributed by atoms with Crippen molar-refractivity contribution in [3.05, 3.63) is 82.6 Å². The van der Waals surface area contributed by atoms with Crippen LogP contribution in [0.1, 0.15) is 15.9 Å². The van der Waals surface area contributed by atoms with E-state index in [9.17, 15) is 17.6 Å². The first-order chi connectivity index (χ1) is 15.8. The van der Waals surface area contributed by atoms with Gasteiger partial charge in [0.15, 0.2) is 11.5 Å². The van der Waals surface area contributed by atoms with Gasteiger partial charge >= 0.3 is 0 Å². The molecular formula is C23H20ClFN2O5S. The largest absolute Gasteiger partial charge is 0.486 e. The first kappa shape index (κ1) is 22.9. The Hall–Kier alpha value is -3.30. The molecule has 0 unspecified atom stereocenters. The number of anilines is 1. The molecule has 10 heteroatoms. The standard InChI is InChI=1S/C23H20ClFN2O5S/c24-20-7-6-18(33(29,30)27-17-4-2-16(25)3-5-17)14-19(20)23(28)26-10-9-15-1-8-21-22(13-15)32-12-11-31-21/h1-8,13-14,27H,9-12H2,(H,26,28). The third kappa shape index (κ3) is 5.55. The highest BCUT2D eigenvalue weighted by molar-refractivity contribution is 7.92. The minimum absolute atomic E-state index is 0.0285. The van der Waals surface area contributed by atoms with Crippen LogP contribution < -0.4 is 19.5 Å². The zero-order valence-electron chi connectivity index (χ0n) is 17.3.